The van der Waals surface area contributed by atoms with Gasteiger partial charge in [0.2, 0.25) is 0 Å². The first-order chi connectivity index (χ1) is 6.56. The van der Waals surface area contributed by atoms with E-state index in [9.17, 15) is 0 Å². The Kier molecular flexibility index (Phi) is 8.08. The highest BCUT2D eigenvalue weighted by Gasteiger charge is 2.07. The molecule has 0 heterocycles. The summed E-state index contributed by atoms with van der Waals surface area (Å²) >= 11 is 0. The molecule has 0 aliphatic rings. The highest BCUT2D eigenvalue weighted by molar-refractivity contribution is 4.55. The van der Waals surface area contributed by atoms with E-state index in [1.165, 1.54) is 0 Å². The molecule has 0 aliphatic carbocycles. The summed E-state index contributed by atoms with van der Waals surface area (Å²) in [6.45, 7) is 7.63. The molecule has 14 heavy (non-hydrogen) atoms. The van der Waals surface area contributed by atoms with Gasteiger partial charge in [0.25, 0.3) is 0 Å². The van der Waals surface area contributed by atoms with E-state index in [0.29, 0.717) is 19.8 Å². The monoisotopic (exact) mass is 205 g/mol. The molecular weight excluding hydrogens is 182 g/mol. The first-order valence-corrected chi connectivity index (χ1v) is 5.04. The van der Waals surface area contributed by atoms with E-state index in [1.54, 1.807) is 7.11 Å². The Balaban J connectivity index is 3.38. The van der Waals surface area contributed by atoms with Crippen LogP contribution in [0.1, 0.15) is 20.8 Å². The predicted molar refractivity (Wildman–Crippen MR) is 56.4 cm³/mol. The van der Waals surface area contributed by atoms with Crippen molar-refractivity contribution < 1.29 is 14.2 Å². The lowest BCUT2D eigenvalue weighted by atomic mass is 10.3. The Labute approximate surface area is 86.7 Å². The summed E-state index contributed by atoms with van der Waals surface area (Å²) in [5, 5.41) is 0. The van der Waals surface area contributed by atoms with Gasteiger partial charge in [-0.3, -0.25) is 0 Å². The van der Waals surface area contributed by atoms with Crippen molar-refractivity contribution in [2.45, 2.75) is 39.0 Å². The van der Waals surface area contributed by atoms with Crippen molar-refractivity contribution in [3.63, 3.8) is 0 Å². The van der Waals surface area contributed by atoms with Crippen molar-refractivity contribution in [1.29, 1.82) is 0 Å². The van der Waals surface area contributed by atoms with Crippen LogP contribution in [-0.4, -0.2) is 45.2 Å². The first kappa shape index (κ1) is 13.8. The van der Waals surface area contributed by atoms with Gasteiger partial charge in [0.05, 0.1) is 32.0 Å². The molecule has 0 bridgehead atoms. The molecule has 0 amide bonds. The fraction of sp³-hybridized carbons (Fsp3) is 1.00. The quantitative estimate of drug-likeness (QED) is 0.636. The van der Waals surface area contributed by atoms with Gasteiger partial charge >= 0.3 is 0 Å². The molecule has 0 aromatic heterocycles. The molecule has 0 rings (SSSR count). The third kappa shape index (κ3) is 8.44. The van der Waals surface area contributed by atoms with Gasteiger partial charge in [-0.15, -0.1) is 0 Å². The first-order valence-electron chi connectivity index (χ1n) is 5.04. The zero-order chi connectivity index (χ0) is 11.0. The molecule has 2 N–H and O–H groups in total. The minimum absolute atomic E-state index is 0.0776. The second kappa shape index (κ2) is 8.17. The van der Waals surface area contributed by atoms with Crippen LogP contribution in [0.25, 0.3) is 0 Å². The van der Waals surface area contributed by atoms with Crippen molar-refractivity contribution in [2.75, 3.05) is 26.9 Å². The third-order valence-electron chi connectivity index (χ3n) is 1.66. The lowest BCUT2D eigenvalue weighted by Gasteiger charge is -2.18. The fourth-order valence-electron chi connectivity index (χ4n) is 0.947. The number of ether oxygens (including phenoxy) is 3. The van der Waals surface area contributed by atoms with Crippen LogP contribution in [0.5, 0.6) is 0 Å². The van der Waals surface area contributed by atoms with Crippen LogP contribution >= 0.6 is 0 Å². The van der Waals surface area contributed by atoms with Crippen LogP contribution in [0.2, 0.25) is 0 Å². The zero-order valence-corrected chi connectivity index (χ0v) is 9.66. The molecule has 0 spiro atoms. The van der Waals surface area contributed by atoms with E-state index in [-0.39, 0.29) is 18.2 Å². The Morgan fingerprint density at radius 3 is 1.93 bits per heavy atom. The van der Waals surface area contributed by atoms with Gasteiger partial charge in [0.1, 0.15) is 0 Å². The molecule has 4 nitrogen and oxygen atoms in total. The second-order valence-corrected chi connectivity index (χ2v) is 3.72. The number of nitrogens with two attached hydrogens (primary N) is 1. The maximum Gasteiger partial charge on any atom is 0.0781 e. The molecule has 0 aromatic carbocycles. The summed E-state index contributed by atoms with van der Waals surface area (Å²) < 4.78 is 15.9. The Bertz CT molecular complexity index is 131. The van der Waals surface area contributed by atoms with E-state index >= 15 is 0 Å². The molecule has 3 atom stereocenters. The van der Waals surface area contributed by atoms with Crippen LogP contribution in [0, 0.1) is 0 Å². The van der Waals surface area contributed by atoms with Gasteiger partial charge in [-0.25, -0.2) is 0 Å². The van der Waals surface area contributed by atoms with E-state index in [0.717, 1.165) is 0 Å². The maximum atomic E-state index is 5.56. The van der Waals surface area contributed by atoms with Gasteiger partial charge in [-0.1, -0.05) is 0 Å². The molecule has 86 valence electrons. The van der Waals surface area contributed by atoms with Crippen molar-refractivity contribution in [3.8, 4) is 0 Å². The molecular formula is C10H23NO3. The largest absolute Gasteiger partial charge is 0.382 e. The minimum Gasteiger partial charge on any atom is -0.382 e. The normalized spacial score (nSPS) is 17.8. The molecule has 0 fully saturated rings. The van der Waals surface area contributed by atoms with Crippen molar-refractivity contribution in [1.82, 2.24) is 0 Å². The summed E-state index contributed by atoms with van der Waals surface area (Å²) in [4.78, 5) is 0. The zero-order valence-electron chi connectivity index (χ0n) is 9.66. The van der Waals surface area contributed by atoms with E-state index < -0.39 is 0 Å². The van der Waals surface area contributed by atoms with E-state index in [2.05, 4.69) is 0 Å². The molecule has 0 aromatic rings. The molecule has 3 unspecified atom stereocenters. The topological polar surface area (TPSA) is 53.7 Å². The van der Waals surface area contributed by atoms with Crippen LogP contribution < -0.4 is 5.73 Å². The van der Waals surface area contributed by atoms with Crippen molar-refractivity contribution in [2.24, 2.45) is 5.73 Å². The van der Waals surface area contributed by atoms with Gasteiger partial charge in [0, 0.05) is 13.2 Å². The average Bonchev–Trinajstić information content (AvgIpc) is 2.12. The summed E-state index contributed by atoms with van der Waals surface area (Å²) in [5.41, 5.74) is 5.56. The highest BCUT2D eigenvalue weighted by atomic mass is 16.6. The lowest BCUT2D eigenvalue weighted by molar-refractivity contribution is -0.0525. The minimum atomic E-state index is 0.0776. The Morgan fingerprint density at radius 2 is 1.43 bits per heavy atom. The Morgan fingerprint density at radius 1 is 0.929 bits per heavy atom. The molecule has 0 radical (unpaired) electrons. The summed E-state index contributed by atoms with van der Waals surface area (Å²) in [6, 6.07) is 0.0776. The molecule has 0 saturated heterocycles. The molecule has 0 saturated carbocycles. The lowest BCUT2D eigenvalue weighted by Crippen LogP contribution is -2.28. The Hall–Kier alpha value is -0.160. The summed E-state index contributed by atoms with van der Waals surface area (Å²) in [6.07, 6.45) is 0.196. The van der Waals surface area contributed by atoms with E-state index in [4.69, 9.17) is 19.9 Å². The summed E-state index contributed by atoms with van der Waals surface area (Å²) in [7, 11) is 1.66. The average molecular weight is 205 g/mol. The predicted octanol–water partition coefficient (Wildman–Crippen LogP) is 0.790. The third-order valence-corrected chi connectivity index (χ3v) is 1.66. The SMILES string of the molecule is COCC(C)OCC(C)OCC(C)N. The van der Waals surface area contributed by atoms with Crippen LogP contribution in [-0.2, 0) is 14.2 Å². The van der Waals surface area contributed by atoms with Gasteiger partial charge in [-0.05, 0) is 20.8 Å². The van der Waals surface area contributed by atoms with Gasteiger partial charge in [-0.2, -0.15) is 0 Å². The van der Waals surface area contributed by atoms with Gasteiger partial charge in [0.15, 0.2) is 0 Å². The maximum absolute atomic E-state index is 5.56. The standard InChI is InChI=1S/C10H23NO3/c1-8(11)5-13-10(3)7-14-9(2)6-12-4/h8-10H,5-7,11H2,1-4H3. The smallest absolute Gasteiger partial charge is 0.0781 e. The fourth-order valence-corrected chi connectivity index (χ4v) is 0.947. The van der Waals surface area contributed by atoms with E-state index in [1.807, 2.05) is 20.8 Å². The van der Waals surface area contributed by atoms with Crippen molar-refractivity contribution in [3.05, 3.63) is 0 Å². The number of hydrogen-bond donors (Lipinski definition) is 1. The van der Waals surface area contributed by atoms with Crippen LogP contribution in [0.4, 0.5) is 0 Å². The summed E-state index contributed by atoms with van der Waals surface area (Å²) in [5.74, 6) is 0. The van der Waals surface area contributed by atoms with Crippen LogP contribution in [0.15, 0.2) is 0 Å². The second-order valence-electron chi connectivity index (χ2n) is 3.72. The number of methoxy groups -OCH3 is 1. The van der Waals surface area contributed by atoms with Crippen LogP contribution in [0.3, 0.4) is 0 Å². The number of rotatable bonds is 8. The molecule has 4 heteroatoms. The van der Waals surface area contributed by atoms with Crippen molar-refractivity contribution >= 4 is 0 Å². The molecule has 0 aliphatic heterocycles. The number of hydrogen-bond acceptors (Lipinski definition) is 4. The highest BCUT2D eigenvalue weighted by Crippen LogP contribution is 1.97. The van der Waals surface area contributed by atoms with Gasteiger partial charge < -0.3 is 19.9 Å².